The fourth-order valence-electron chi connectivity index (χ4n) is 3.05. The van der Waals surface area contributed by atoms with Gasteiger partial charge in [-0.2, -0.15) is 0 Å². The van der Waals surface area contributed by atoms with E-state index in [1.807, 2.05) is 30.3 Å². The highest BCUT2D eigenvalue weighted by Gasteiger charge is 2.42. The number of hydrogen-bond acceptors (Lipinski definition) is 3. The molecule has 7 nitrogen and oxygen atoms in total. The van der Waals surface area contributed by atoms with E-state index < -0.39 is 11.5 Å². The van der Waals surface area contributed by atoms with Crippen LogP contribution >= 0.6 is 0 Å². The van der Waals surface area contributed by atoms with Gasteiger partial charge >= 0.3 is 12.0 Å². The van der Waals surface area contributed by atoms with Gasteiger partial charge in [0.15, 0.2) is 0 Å². The Labute approximate surface area is 147 Å². The second kappa shape index (κ2) is 8.50. The van der Waals surface area contributed by atoms with Gasteiger partial charge in [-0.3, -0.25) is 4.79 Å². The Bertz CT molecular complexity index is 612. The van der Waals surface area contributed by atoms with Gasteiger partial charge in [-0.15, -0.1) is 0 Å². The minimum absolute atomic E-state index is 0.0555. The molecule has 0 unspecified atom stereocenters. The van der Waals surface area contributed by atoms with E-state index in [1.165, 1.54) is 4.90 Å². The van der Waals surface area contributed by atoms with E-state index in [4.69, 9.17) is 0 Å². The monoisotopic (exact) mass is 347 g/mol. The van der Waals surface area contributed by atoms with E-state index in [-0.39, 0.29) is 24.9 Å². The maximum atomic E-state index is 12.0. The second-order valence-corrected chi connectivity index (χ2v) is 6.47. The Morgan fingerprint density at radius 3 is 2.40 bits per heavy atom. The lowest BCUT2D eigenvalue weighted by atomic mass is 9.97. The number of nitrogens with one attached hydrogen (secondary N) is 2. The Balaban J connectivity index is 1.73. The van der Waals surface area contributed by atoms with Crippen LogP contribution in [0, 0.1) is 0 Å². The molecule has 0 aromatic heterocycles. The lowest BCUT2D eigenvalue weighted by molar-refractivity contribution is -0.147. The van der Waals surface area contributed by atoms with Crippen molar-refractivity contribution in [3.8, 4) is 0 Å². The number of carboxylic acids is 1. The van der Waals surface area contributed by atoms with Crippen molar-refractivity contribution in [2.45, 2.75) is 44.2 Å². The molecule has 2 rings (SSSR count). The third-order valence-electron chi connectivity index (χ3n) is 4.48. The van der Waals surface area contributed by atoms with Crippen LogP contribution in [0.5, 0.6) is 0 Å². The van der Waals surface area contributed by atoms with Crippen molar-refractivity contribution in [2.75, 3.05) is 13.6 Å². The number of aliphatic carboxylic acids is 1. The molecule has 0 radical (unpaired) electrons. The number of benzene rings is 1. The highest BCUT2D eigenvalue weighted by molar-refractivity contribution is 5.87. The molecule has 136 valence electrons. The van der Waals surface area contributed by atoms with Crippen LogP contribution in [0.4, 0.5) is 4.79 Å². The topological polar surface area (TPSA) is 98.7 Å². The van der Waals surface area contributed by atoms with Crippen LogP contribution in [0.2, 0.25) is 0 Å². The normalized spacial score (nSPS) is 15.4. The van der Waals surface area contributed by atoms with E-state index in [1.54, 1.807) is 7.05 Å². The van der Waals surface area contributed by atoms with Crippen molar-refractivity contribution >= 4 is 17.9 Å². The molecule has 3 N–H and O–H groups in total. The number of carbonyl (C=O) groups is 3. The molecular formula is C18H25N3O4. The highest BCUT2D eigenvalue weighted by Crippen LogP contribution is 2.29. The molecule has 0 spiro atoms. The van der Waals surface area contributed by atoms with E-state index in [9.17, 15) is 19.5 Å². The molecule has 1 aromatic carbocycles. The third kappa shape index (κ3) is 5.20. The van der Waals surface area contributed by atoms with Crippen molar-refractivity contribution in [3.63, 3.8) is 0 Å². The quantitative estimate of drug-likeness (QED) is 0.699. The SMILES string of the molecule is CN(Cc1ccccc1)C(=O)NCCC(=O)NC1(C(=O)O)CCCC1. The van der Waals surface area contributed by atoms with Crippen molar-refractivity contribution in [1.29, 1.82) is 0 Å². The highest BCUT2D eigenvalue weighted by atomic mass is 16.4. The fraction of sp³-hybridized carbons (Fsp3) is 0.500. The maximum absolute atomic E-state index is 12.0. The Morgan fingerprint density at radius 2 is 1.80 bits per heavy atom. The molecule has 1 aliphatic carbocycles. The van der Waals surface area contributed by atoms with Gasteiger partial charge in [-0.25, -0.2) is 9.59 Å². The predicted octanol–water partition coefficient (Wildman–Crippen LogP) is 1.73. The van der Waals surface area contributed by atoms with Gasteiger partial charge in [0.05, 0.1) is 0 Å². The van der Waals surface area contributed by atoms with E-state index in [2.05, 4.69) is 10.6 Å². The smallest absolute Gasteiger partial charge is 0.329 e. The lowest BCUT2D eigenvalue weighted by Gasteiger charge is -2.25. The molecule has 0 bridgehead atoms. The number of carboxylic acid groups (broad SMARTS) is 1. The van der Waals surface area contributed by atoms with Crippen molar-refractivity contribution in [3.05, 3.63) is 35.9 Å². The Kier molecular flexibility index (Phi) is 6.38. The summed E-state index contributed by atoms with van der Waals surface area (Å²) < 4.78 is 0. The lowest BCUT2D eigenvalue weighted by Crippen LogP contribution is -2.53. The van der Waals surface area contributed by atoms with Gasteiger partial charge in [0, 0.05) is 26.6 Å². The zero-order valence-corrected chi connectivity index (χ0v) is 14.5. The summed E-state index contributed by atoms with van der Waals surface area (Å²) >= 11 is 0. The number of urea groups is 1. The maximum Gasteiger partial charge on any atom is 0.329 e. The van der Waals surface area contributed by atoms with Crippen LogP contribution in [-0.4, -0.2) is 47.0 Å². The van der Waals surface area contributed by atoms with Crippen LogP contribution in [0.25, 0.3) is 0 Å². The average Bonchev–Trinajstić information content (AvgIpc) is 3.05. The van der Waals surface area contributed by atoms with Crippen molar-refractivity contribution in [1.82, 2.24) is 15.5 Å². The second-order valence-electron chi connectivity index (χ2n) is 6.47. The van der Waals surface area contributed by atoms with Gasteiger partial charge in [-0.05, 0) is 18.4 Å². The zero-order valence-electron chi connectivity index (χ0n) is 14.5. The number of rotatable bonds is 7. The molecule has 1 aliphatic rings. The largest absolute Gasteiger partial charge is 0.480 e. The number of nitrogens with zero attached hydrogens (tertiary/aromatic N) is 1. The predicted molar refractivity (Wildman–Crippen MR) is 92.9 cm³/mol. The van der Waals surface area contributed by atoms with Crippen LogP contribution in [-0.2, 0) is 16.1 Å². The van der Waals surface area contributed by atoms with E-state index >= 15 is 0 Å². The average molecular weight is 347 g/mol. The molecule has 0 aliphatic heterocycles. The first kappa shape index (κ1) is 18.8. The summed E-state index contributed by atoms with van der Waals surface area (Å²) in [6.07, 6.45) is 2.57. The van der Waals surface area contributed by atoms with Gasteiger partial charge in [0.1, 0.15) is 5.54 Å². The van der Waals surface area contributed by atoms with Crippen LogP contribution in [0.1, 0.15) is 37.7 Å². The van der Waals surface area contributed by atoms with Gasteiger partial charge < -0.3 is 20.6 Å². The molecular weight excluding hydrogens is 322 g/mol. The molecule has 0 atom stereocenters. The summed E-state index contributed by atoms with van der Waals surface area (Å²) in [5.74, 6) is -1.33. The molecule has 0 saturated heterocycles. The van der Waals surface area contributed by atoms with Crippen molar-refractivity contribution < 1.29 is 19.5 Å². The van der Waals surface area contributed by atoms with E-state index in [0.717, 1.165) is 18.4 Å². The number of hydrogen-bond donors (Lipinski definition) is 3. The third-order valence-corrected chi connectivity index (χ3v) is 4.48. The Morgan fingerprint density at radius 1 is 1.16 bits per heavy atom. The molecule has 1 saturated carbocycles. The summed E-state index contributed by atoms with van der Waals surface area (Å²) in [6, 6.07) is 9.33. The van der Waals surface area contributed by atoms with Crippen LogP contribution in [0.3, 0.4) is 0 Å². The van der Waals surface area contributed by atoms with Crippen molar-refractivity contribution in [2.24, 2.45) is 0 Å². The van der Waals surface area contributed by atoms with Crippen LogP contribution in [0.15, 0.2) is 30.3 Å². The van der Waals surface area contributed by atoms with Gasteiger partial charge in [0.25, 0.3) is 0 Å². The summed E-state index contributed by atoms with van der Waals surface area (Å²) in [5.41, 5.74) is -0.118. The summed E-state index contributed by atoms with van der Waals surface area (Å²) in [7, 11) is 1.68. The summed E-state index contributed by atoms with van der Waals surface area (Å²) in [4.78, 5) is 37.0. The number of amides is 3. The minimum atomic E-state index is -1.13. The Hall–Kier alpha value is -2.57. The minimum Gasteiger partial charge on any atom is -0.480 e. The van der Waals surface area contributed by atoms with Gasteiger partial charge in [0.2, 0.25) is 5.91 Å². The molecule has 7 heteroatoms. The zero-order chi connectivity index (χ0) is 18.3. The summed E-state index contributed by atoms with van der Waals surface area (Å²) in [5, 5.41) is 14.7. The first-order valence-corrected chi connectivity index (χ1v) is 8.50. The molecule has 25 heavy (non-hydrogen) atoms. The molecule has 1 aromatic rings. The molecule has 3 amide bonds. The number of carbonyl (C=O) groups excluding carboxylic acids is 2. The fourth-order valence-corrected chi connectivity index (χ4v) is 3.05. The first-order valence-electron chi connectivity index (χ1n) is 8.50. The summed E-state index contributed by atoms with van der Waals surface area (Å²) in [6.45, 7) is 0.639. The van der Waals surface area contributed by atoms with Gasteiger partial charge in [-0.1, -0.05) is 43.2 Å². The van der Waals surface area contributed by atoms with E-state index in [0.29, 0.717) is 19.4 Å². The van der Waals surface area contributed by atoms with Crippen LogP contribution < -0.4 is 10.6 Å². The molecule has 0 heterocycles. The first-order chi connectivity index (χ1) is 11.9. The molecule has 1 fully saturated rings. The standard InChI is InChI=1S/C18H25N3O4/c1-21(13-14-7-3-2-4-8-14)17(25)19-12-9-15(22)20-18(16(23)24)10-5-6-11-18/h2-4,7-8H,5-6,9-13H2,1H3,(H,19,25)(H,20,22)(H,23,24).